The molecule has 112 valence electrons. The van der Waals surface area contributed by atoms with Gasteiger partial charge in [-0.25, -0.2) is 4.98 Å². The fourth-order valence-electron chi connectivity index (χ4n) is 2.19. The average molecular weight is 299 g/mol. The maximum Gasteiger partial charge on any atom is 0.213 e. The summed E-state index contributed by atoms with van der Waals surface area (Å²) in [7, 11) is 0. The molecule has 2 heterocycles. The molecule has 0 saturated carbocycles. The standard InChI is InChI=1S/C15H23ClN2O2/c1-2-5-17-9-13-8-15(18-10-14(13)16)20-11-12-3-6-19-7-4-12/h8,10,12,17H,2-7,9,11H2,1H3. The third-order valence-corrected chi connectivity index (χ3v) is 3.80. The van der Waals surface area contributed by atoms with Crippen LogP contribution in [0, 0.1) is 5.92 Å². The maximum atomic E-state index is 6.15. The zero-order valence-corrected chi connectivity index (χ0v) is 12.8. The van der Waals surface area contributed by atoms with Crippen molar-refractivity contribution in [3.05, 3.63) is 22.8 Å². The highest BCUT2D eigenvalue weighted by atomic mass is 35.5. The number of rotatable bonds is 7. The Morgan fingerprint density at radius 3 is 3.00 bits per heavy atom. The first kappa shape index (κ1) is 15.5. The molecule has 1 N–H and O–H groups in total. The molecule has 0 aromatic carbocycles. The first-order chi connectivity index (χ1) is 9.79. The highest BCUT2D eigenvalue weighted by Gasteiger charge is 2.15. The van der Waals surface area contributed by atoms with Crippen molar-refractivity contribution in [1.29, 1.82) is 0 Å². The van der Waals surface area contributed by atoms with Crippen molar-refractivity contribution in [2.45, 2.75) is 32.7 Å². The highest BCUT2D eigenvalue weighted by molar-refractivity contribution is 6.31. The van der Waals surface area contributed by atoms with Crippen molar-refractivity contribution in [3.8, 4) is 5.88 Å². The van der Waals surface area contributed by atoms with Gasteiger partial charge in [-0.15, -0.1) is 0 Å². The van der Waals surface area contributed by atoms with Gasteiger partial charge in [0, 0.05) is 32.0 Å². The second-order valence-corrected chi connectivity index (χ2v) is 5.56. The second-order valence-electron chi connectivity index (χ2n) is 5.16. The van der Waals surface area contributed by atoms with Crippen LogP contribution in [0.2, 0.25) is 5.02 Å². The Morgan fingerprint density at radius 2 is 2.25 bits per heavy atom. The van der Waals surface area contributed by atoms with E-state index in [2.05, 4.69) is 17.2 Å². The first-order valence-corrected chi connectivity index (χ1v) is 7.73. The van der Waals surface area contributed by atoms with E-state index in [-0.39, 0.29) is 0 Å². The lowest BCUT2D eigenvalue weighted by Crippen LogP contribution is -2.21. The van der Waals surface area contributed by atoms with Crippen LogP contribution in [0.15, 0.2) is 12.3 Å². The average Bonchev–Trinajstić information content (AvgIpc) is 2.49. The molecule has 4 nitrogen and oxygen atoms in total. The Labute approximate surface area is 125 Å². The van der Waals surface area contributed by atoms with Gasteiger partial charge in [-0.2, -0.15) is 0 Å². The largest absolute Gasteiger partial charge is 0.477 e. The Balaban J connectivity index is 1.85. The second kappa shape index (κ2) is 8.45. The van der Waals surface area contributed by atoms with Gasteiger partial charge in [0.25, 0.3) is 0 Å². The summed E-state index contributed by atoms with van der Waals surface area (Å²) in [4.78, 5) is 4.24. The van der Waals surface area contributed by atoms with Gasteiger partial charge in [-0.05, 0) is 37.3 Å². The number of aromatic nitrogens is 1. The zero-order chi connectivity index (χ0) is 14.2. The monoisotopic (exact) mass is 298 g/mol. The smallest absolute Gasteiger partial charge is 0.213 e. The van der Waals surface area contributed by atoms with Crippen LogP contribution in [-0.4, -0.2) is 31.3 Å². The van der Waals surface area contributed by atoms with Gasteiger partial charge in [0.15, 0.2) is 0 Å². The van der Waals surface area contributed by atoms with Gasteiger partial charge in [0.1, 0.15) is 0 Å². The van der Waals surface area contributed by atoms with E-state index in [4.69, 9.17) is 21.1 Å². The molecule has 1 aliphatic heterocycles. The lowest BCUT2D eigenvalue weighted by molar-refractivity contribution is 0.0490. The van der Waals surface area contributed by atoms with Crippen LogP contribution in [0.25, 0.3) is 0 Å². The van der Waals surface area contributed by atoms with Crippen LogP contribution in [0.3, 0.4) is 0 Å². The van der Waals surface area contributed by atoms with Crippen LogP contribution in [0.4, 0.5) is 0 Å². The minimum absolute atomic E-state index is 0.572. The number of hydrogen-bond donors (Lipinski definition) is 1. The molecule has 0 spiro atoms. The molecule has 1 saturated heterocycles. The summed E-state index contributed by atoms with van der Waals surface area (Å²) in [6, 6.07) is 1.93. The molecule has 5 heteroatoms. The van der Waals surface area contributed by atoms with E-state index < -0.39 is 0 Å². The molecule has 1 aliphatic rings. The van der Waals surface area contributed by atoms with E-state index in [1.54, 1.807) is 6.20 Å². The SMILES string of the molecule is CCCNCc1cc(OCC2CCOCC2)ncc1Cl. The van der Waals surface area contributed by atoms with Gasteiger partial charge in [-0.3, -0.25) is 0 Å². The fraction of sp³-hybridized carbons (Fsp3) is 0.667. The lowest BCUT2D eigenvalue weighted by atomic mass is 10.0. The third kappa shape index (κ3) is 4.93. The highest BCUT2D eigenvalue weighted by Crippen LogP contribution is 2.21. The summed E-state index contributed by atoms with van der Waals surface area (Å²) in [6.45, 7) is 6.27. The number of nitrogens with zero attached hydrogens (tertiary/aromatic N) is 1. The molecule has 0 bridgehead atoms. The van der Waals surface area contributed by atoms with E-state index in [1.165, 1.54) is 0 Å². The van der Waals surface area contributed by atoms with Crippen molar-refractivity contribution < 1.29 is 9.47 Å². The molecule has 1 fully saturated rings. The minimum Gasteiger partial charge on any atom is -0.477 e. The summed E-state index contributed by atoms with van der Waals surface area (Å²) in [5, 5.41) is 4.03. The van der Waals surface area contributed by atoms with Crippen LogP contribution in [0.1, 0.15) is 31.7 Å². The van der Waals surface area contributed by atoms with Crippen molar-refractivity contribution >= 4 is 11.6 Å². The molecule has 0 radical (unpaired) electrons. The van der Waals surface area contributed by atoms with Gasteiger partial charge in [0.2, 0.25) is 5.88 Å². The molecule has 0 amide bonds. The van der Waals surface area contributed by atoms with E-state index >= 15 is 0 Å². The number of ether oxygens (including phenoxy) is 2. The van der Waals surface area contributed by atoms with E-state index in [0.717, 1.165) is 51.1 Å². The van der Waals surface area contributed by atoms with Crippen LogP contribution in [-0.2, 0) is 11.3 Å². The number of nitrogens with one attached hydrogen (secondary N) is 1. The van der Waals surface area contributed by atoms with Crippen molar-refractivity contribution in [1.82, 2.24) is 10.3 Å². The Bertz CT molecular complexity index is 409. The topological polar surface area (TPSA) is 43.4 Å². The molecular formula is C15H23ClN2O2. The zero-order valence-electron chi connectivity index (χ0n) is 12.0. The Hall–Kier alpha value is -0.840. The minimum atomic E-state index is 0.572. The molecule has 0 unspecified atom stereocenters. The molecular weight excluding hydrogens is 276 g/mol. The first-order valence-electron chi connectivity index (χ1n) is 7.35. The molecule has 20 heavy (non-hydrogen) atoms. The molecule has 0 aliphatic carbocycles. The summed E-state index contributed by atoms with van der Waals surface area (Å²) in [5.74, 6) is 1.23. The van der Waals surface area contributed by atoms with Crippen LogP contribution < -0.4 is 10.1 Å². The van der Waals surface area contributed by atoms with Crippen LogP contribution >= 0.6 is 11.6 Å². The van der Waals surface area contributed by atoms with E-state index in [0.29, 0.717) is 23.4 Å². The third-order valence-electron chi connectivity index (χ3n) is 3.46. The van der Waals surface area contributed by atoms with Gasteiger partial charge < -0.3 is 14.8 Å². The van der Waals surface area contributed by atoms with Gasteiger partial charge >= 0.3 is 0 Å². The summed E-state index contributed by atoms with van der Waals surface area (Å²) in [5.41, 5.74) is 1.04. The van der Waals surface area contributed by atoms with Crippen molar-refractivity contribution in [2.75, 3.05) is 26.4 Å². The molecule has 1 aromatic rings. The lowest BCUT2D eigenvalue weighted by Gasteiger charge is -2.21. The quantitative estimate of drug-likeness (QED) is 0.786. The van der Waals surface area contributed by atoms with Crippen molar-refractivity contribution in [2.24, 2.45) is 5.92 Å². The van der Waals surface area contributed by atoms with Crippen LogP contribution in [0.5, 0.6) is 5.88 Å². The van der Waals surface area contributed by atoms with E-state index in [1.807, 2.05) is 6.07 Å². The Morgan fingerprint density at radius 1 is 1.45 bits per heavy atom. The fourth-order valence-corrected chi connectivity index (χ4v) is 2.36. The Kier molecular flexibility index (Phi) is 6.57. The number of hydrogen-bond acceptors (Lipinski definition) is 4. The molecule has 0 atom stereocenters. The predicted octanol–water partition coefficient (Wildman–Crippen LogP) is 3.04. The van der Waals surface area contributed by atoms with Gasteiger partial charge in [0.05, 0.1) is 11.6 Å². The summed E-state index contributed by atoms with van der Waals surface area (Å²) in [6.07, 6.45) is 4.91. The maximum absolute atomic E-state index is 6.15. The predicted molar refractivity (Wildman–Crippen MR) is 80.3 cm³/mol. The molecule has 2 rings (SSSR count). The molecule has 1 aromatic heterocycles. The summed E-state index contributed by atoms with van der Waals surface area (Å²) >= 11 is 6.15. The number of pyridine rings is 1. The van der Waals surface area contributed by atoms with E-state index in [9.17, 15) is 0 Å². The normalized spacial score (nSPS) is 16.3. The van der Waals surface area contributed by atoms with Crippen molar-refractivity contribution in [3.63, 3.8) is 0 Å². The van der Waals surface area contributed by atoms with Gasteiger partial charge in [-0.1, -0.05) is 18.5 Å². The summed E-state index contributed by atoms with van der Waals surface area (Å²) < 4.78 is 11.1. The number of halogens is 1.